The van der Waals surface area contributed by atoms with Gasteiger partial charge in [-0.3, -0.25) is 0 Å². The van der Waals surface area contributed by atoms with Gasteiger partial charge in [-0.2, -0.15) is 4.98 Å². The van der Waals surface area contributed by atoms with Crippen LogP contribution in [0.5, 0.6) is 11.6 Å². The van der Waals surface area contributed by atoms with Crippen LogP contribution in [0.25, 0.3) is 11.3 Å². The van der Waals surface area contributed by atoms with Crippen molar-refractivity contribution in [2.75, 3.05) is 18.2 Å². The van der Waals surface area contributed by atoms with Crippen molar-refractivity contribution in [1.82, 2.24) is 15.2 Å². The summed E-state index contributed by atoms with van der Waals surface area (Å²) in [5.41, 5.74) is 3.41. The molecule has 1 N–H and O–H groups in total. The zero-order valence-corrected chi connectivity index (χ0v) is 15.6. The van der Waals surface area contributed by atoms with E-state index in [1.807, 2.05) is 54.8 Å². The molecule has 0 aliphatic carbocycles. The van der Waals surface area contributed by atoms with E-state index in [-0.39, 0.29) is 0 Å². The Morgan fingerprint density at radius 2 is 2.00 bits per heavy atom. The Labute approximate surface area is 161 Å². The van der Waals surface area contributed by atoms with Crippen molar-refractivity contribution in [1.29, 1.82) is 0 Å². The molecule has 1 aliphatic heterocycles. The summed E-state index contributed by atoms with van der Waals surface area (Å²) < 4.78 is 11.7. The molecule has 3 aromatic rings. The van der Waals surface area contributed by atoms with Gasteiger partial charge in [-0.15, -0.1) is 10.2 Å². The number of anilines is 1. The molecule has 1 aliphatic rings. The smallest absolute Gasteiger partial charge is 0.247 e. The number of ether oxygens (including phenoxy) is 2. The molecule has 0 saturated heterocycles. The Kier molecular flexibility index (Phi) is 4.93. The van der Waals surface area contributed by atoms with Crippen LogP contribution in [0, 0.1) is 0 Å². The van der Waals surface area contributed by atoms with Crippen LogP contribution in [-0.2, 0) is 0 Å². The van der Waals surface area contributed by atoms with Crippen LogP contribution in [0.4, 0.5) is 5.69 Å². The Morgan fingerprint density at radius 1 is 1.19 bits per heavy atom. The van der Waals surface area contributed by atoms with Crippen LogP contribution >= 0.6 is 11.8 Å². The second-order valence-electron chi connectivity index (χ2n) is 5.81. The van der Waals surface area contributed by atoms with E-state index in [1.54, 1.807) is 6.08 Å². The van der Waals surface area contributed by atoms with Crippen LogP contribution in [0.1, 0.15) is 11.8 Å². The number of benzene rings is 2. The van der Waals surface area contributed by atoms with Crippen LogP contribution in [-0.4, -0.2) is 28.0 Å². The first kappa shape index (κ1) is 17.4. The van der Waals surface area contributed by atoms with E-state index in [2.05, 4.69) is 27.1 Å². The van der Waals surface area contributed by atoms with E-state index < -0.39 is 6.23 Å². The fourth-order valence-corrected chi connectivity index (χ4v) is 3.08. The molecule has 6 nitrogen and oxygen atoms in total. The van der Waals surface area contributed by atoms with E-state index in [0.717, 1.165) is 22.6 Å². The van der Waals surface area contributed by atoms with Gasteiger partial charge in [-0.05, 0) is 36.6 Å². The number of aromatic nitrogens is 3. The number of nitrogens with one attached hydrogen (secondary N) is 1. The summed E-state index contributed by atoms with van der Waals surface area (Å²) in [6, 6.07) is 15.7. The maximum absolute atomic E-state index is 6.19. The normalized spacial score (nSPS) is 14.8. The molecule has 136 valence electrons. The minimum atomic E-state index is -0.410. The van der Waals surface area contributed by atoms with Gasteiger partial charge in [0.2, 0.25) is 11.0 Å². The number of fused-ring (bicyclic) bond motifs is 3. The first-order chi connectivity index (χ1) is 13.3. The van der Waals surface area contributed by atoms with Gasteiger partial charge in [0.05, 0.1) is 0 Å². The topological polar surface area (TPSA) is 69.2 Å². The molecule has 0 amide bonds. The summed E-state index contributed by atoms with van der Waals surface area (Å²) in [5, 5.41) is 12.5. The predicted molar refractivity (Wildman–Crippen MR) is 106 cm³/mol. The van der Waals surface area contributed by atoms with Crippen molar-refractivity contribution < 1.29 is 9.47 Å². The molecule has 4 rings (SSSR count). The lowest BCUT2D eigenvalue weighted by atomic mass is 10.1. The number of thioether (sulfide) groups is 1. The van der Waals surface area contributed by atoms with Gasteiger partial charge < -0.3 is 14.8 Å². The van der Waals surface area contributed by atoms with E-state index in [9.17, 15) is 0 Å². The molecule has 27 heavy (non-hydrogen) atoms. The zero-order chi connectivity index (χ0) is 18.6. The highest BCUT2D eigenvalue weighted by molar-refractivity contribution is 7.98. The molecular formula is C20H18N4O2S. The van der Waals surface area contributed by atoms with Gasteiger partial charge in [-0.25, -0.2) is 0 Å². The predicted octanol–water partition coefficient (Wildman–Crippen LogP) is 4.33. The highest BCUT2D eigenvalue weighted by Gasteiger charge is 2.25. The van der Waals surface area contributed by atoms with E-state index in [4.69, 9.17) is 9.47 Å². The second-order valence-corrected chi connectivity index (χ2v) is 6.58. The molecule has 7 heteroatoms. The average molecular weight is 378 g/mol. The fourth-order valence-electron chi connectivity index (χ4n) is 2.78. The Bertz CT molecular complexity index is 962. The number of hydrogen-bond acceptors (Lipinski definition) is 7. The van der Waals surface area contributed by atoms with E-state index >= 15 is 0 Å². The Morgan fingerprint density at radius 3 is 2.78 bits per heavy atom. The number of hydrogen-bond donors (Lipinski definition) is 1. The first-order valence-corrected chi connectivity index (χ1v) is 9.66. The lowest BCUT2D eigenvalue weighted by molar-refractivity contribution is 0.225. The van der Waals surface area contributed by atoms with Gasteiger partial charge in [-0.1, -0.05) is 42.6 Å². The van der Waals surface area contributed by atoms with Crippen LogP contribution in [0.15, 0.2) is 66.3 Å². The summed E-state index contributed by atoms with van der Waals surface area (Å²) in [7, 11) is 0. The van der Waals surface area contributed by atoms with Crippen LogP contribution in [0.2, 0.25) is 0 Å². The molecule has 1 aromatic heterocycles. The monoisotopic (exact) mass is 378 g/mol. The highest BCUT2D eigenvalue weighted by Crippen LogP contribution is 2.39. The third-order valence-electron chi connectivity index (χ3n) is 4.07. The molecular weight excluding hydrogens is 360 g/mol. The zero-order valence-electron chi connectivity index (χ0n) is 14.8. The van der Waals surface area contributed by atoms with E-state index in [0.29, 0.717) is 23.3 Å². The molecule has 0 bridgehead atoms. The Hall–Kier alpha value is -3.06. The summed E-state index contributed by atoms with van der Waals surface area (Å²) in [6.07, 6.45) is 3.21. The van der Waals surface area contributed by atoms with Gasteiger partial charge >= 0.3 is 0 Å². The van der Waals surface area contributed by atoms with Crippen molar-refractivity contribution in [2.24, 2.45) is 0 Å². The van der Waals surface area contributed by atoms with Gasteiger partial charge in [0.1, 0.15) is 12.4 Å². The van der Waals surface area contributed by atoms with Crippen molar-refractivity contribution in [3.8, 4) is 22.9 Å². The van der Waals surface area contributed by atoms with Gasteiger partial charge in [0, 0.05) is 16.8 Å². The quantitative estimate of drug-likeness (QED) is 0.523. The molecule has 2 heterocycles. The highest BCUT2D eigenvalue weighted by atomic mass is 32.2. The number of para-hydroxylation sites is 1. The summed E-state index contributed by atoms with van der Waals surface area (Å²) in [5.74, 6) is 1.24. The first-order valence-electron chi connectivity index (χ1n) is 8.43. The minimum absolute atomic E-state index is 0.410. The fraction of sp³-hybridized carbons (Fsp3) is 0.150. The molecule has 1 unspecified atom stereocenters. The third kappa shape index (κ3) is 3.59. The van der Waals surface area contributed by atoms with Crippen molar-refractivity contribution >= 4 is 17.4 Å². The standard InChI is InChI=1S/C20H18N4O2S/c1-3-12-25-14-10-8-13(9-11-14)18-21-16-7-5-4-6-15(16)17-19(26-18)22-20(27-2)24-23-17/h3-11,18,21H,1,12H2,2H3. The third-order valence-corrected chi connectivity index (χ3v) is 4.60. The number of rotatable bonds is 5. The largest absolute Gasteiger partial charge is 0.490 e. The SMILES string of the molecule is C=CCOc1ccc(C2Nc3ccccc3-c3nnc(SC)nc3O2)cc1. The molecule has 0 fully saturated rings. The molecule has 2 aromatic carbocycles. The molecule has 0 saturated carbocycles. The summed E-state index contributed by atoms with van der Waals surface area (Å²) >= 11 is 1.43. The lowest BCUT2D eigenvalue weighted by Gasteiger charge is -2.19. The minimum Gasteiger partial charge on any atom is -0.490 e. The van der Waals surface area contributed by atoms with Crippen molar-refractivity contribution in [3.05, 3.63) is 66.7 Å². The second kappa shape index (κ2) is 7.67. The molecule has 0 radical (unpaired) electrons. The van der Waals surface area contributed by atoms with Crippen molar-refractivity contribution in [3.63, 3.8) is 0 Å². The van der Waals surface area contributed by atoms with Gasteiger partial charge in [0.15, 0.2) is 11.9 Å². The molecule has 1 atom stereocenters. The number of nitrogens with zero attached hydrogens (tertiary/aromatic N) is 3. The maximum atomic E-state index is 6.19. The van der Waals surface area contributed by atoms with Crippen LogP contribution in [0.3, 0.4) is 0 Å². The van der Waals surface area contributed by atoms with E-state index in [1.165, 1.54) is 11.8 Å². The Balaban J connectivity index is 1.72. The lowest BCUT2D eigenvalue weighted by Crippen LogP contribution is -2.17. The maximum Gasteiger partial charge on any atom is 0.247 e. The average Bonchev–Trinajstić information content (AvgIpc) is 2.89. The summed E-state index contributed by atoms with van der Waals surface area (Å²) in [4.78, 5) is 4.52. The van der Waals surface area contributed by atoms with Gasteiger partial charge in [0.25, 0.3) is 0 Å². The molecule has 0 spiro atoms. The summed E-state index contributed by atoms with van der Waals surface area (Å²) in [6.45, 7) is 4.13. The van der Waals surface area contributed by atoms with Crippen molar-refractivity contribution in [2.45, 2.75) is 11.4 Å². The van der Waals surface area contributed by atoms with Crippen LogP contribution < -0.4 is 14.8 Å².